The Morgan fingerprint density at radius 1 is 1.15 bits per heavy atom. The second-order valence-corrected chi connectivity index (χ2v) is 4.89. The molecular weight excluding hydrogens is 297 g/mol. The lowest BCUT2D eigenvalue weighted by Gasteiger charge is -2.09. The molecule has 20 heavy (non-hydrogen) atoms. The van der Waals surface area contributed by atoms with Crippen molar-refractivity contribution in [2.45, 2.75) is 6.54 Å². The predicted molar refractivity (Wildman–Crippen MR) is 81.0 cm³/mol. The van der Waals surface area contributed by atoms with Crippen LogP contribution < -0.4 is 10.6 Å². The maximum Gasteiger partial charge on any atom is 0.238 e. The van der Waals surface area contributed by atoms with Crippen LogP contribution in [0.15, 0.2) is 42.7 Å². The third-order valence-electron chi connectivity index (χ3n) is 2.59. The number of carbonyl (C=O) groups is 1. The number of rotatable bonds is 5. The van der Waals surface area contributed by atoms with E-state index in [9.17, 15) is 4.79 Å². The molecule has 0 aliphatic rings. The maximum absolute atomic E-state index is 11.8. The van der Waals surface area contributed by atoms with Crippen LogP contribution in [0, 0.1) is 0 Å². The fourth-order valence-electron chi connectivity index (χ4n) is 1.62. The van der Waals surface area contributed by atoms with Crippen molar-refractivity contribution in [2.75, 3.05) is 11.9 Å². The summed E-state index contributed by atoms with van der Waals surface area (Å²) in [4.78, 5) is 15.7. The van der Waals surface area contributed by atoms with E-state index in [1.165, 1.54) is 0 Å². The number of aromatic nitrogens is 1. The lowest BCUT2D eigenvalue weighted by molar-refractivity contribution is -0.115. The summed E-state index contributed by atoms with van der Waals surface area (Å²) in [5, 5.41) is 6.50. The van der Waals surface area contributed by atoms with E-state index < -0.39 is 0 Å². The average molecular weight is 310 g/mol. The number of pyridine rings is 1. The Hall–Kier alpha value is -1.62. The quantitative estimate of drug-likeness (QED) is 0.892. The summed E-state index contributed by atoms with van der Waals surface area (Å²) in [6.07, 6.45) is 3.42. The van der Waals surface area contributed by atoms with E-state index in [1.54, 1.807) is 30.6 Å². The molecular formula is C14H13Cl2N3O. The second-order valence-electron chi connectivity index (χ2n) is 4.11. The largest absolute Gasteiger partial charge is 0.324 e. The van der Waals surface area contributed by atoms with Crippen LogP contribution in [-0.4, -0.2) is 17.4 Å². The normalized spacial score (nSPS) is 10.3. The van der Waals surface area contributed by atoms with Gasteiger partial charge in [0.25, 0.3) is 0 Å². The summed E-state index contributed by atoms with van der Waals surface area (Å²) in [5.74, 6) is -0.178. The molecule has 0 saturated carbocycles. The highest BCUT2D eigenvalue weighted by atomic mass is 35.5. The summed E-state index contributed by atoms with van der Waals surface area (Å²) in [7, 11) is 0. The van der Waals surface area contributed by atoms with Crippen molar-refractivity contribution in [3.63, 3.8) is 0 Å². The first kappa shape index (κ1) is 14.8. The third kappa shape index (κ3) is 4.20. The Morgan fingerprint density at radius 2 is 1.90 bits per heavy atom. The van der Waals surface area contributed by atoms with Gasteiger partial charge in [-0.1, -0.05) is 29.3 Å². The summed E-state index contributed by atoms with van der Waals surface area (Å²) >= 11 is 11.9. The fraction of sp³-hybridized carbons (Fsp3) is 0.143. The molecule has 1 aromatic heterocycles. The van der Waals surface area contributed by atoms with Crippen molar-refractivity contribution in [2.24, 2.45) is 0 Å². The summed E-state index contributed by atoms with van der Waals surface area (Å²) in [6, 6.07) is 8.88. The van der Waals surface area contributed by atoms with Gasteiger partial charge >= 0.3 is 0 Å². The SMILES string of the molecule is O=C(CNCc1ccncc1)Nc1cccc(Cl)c1Cl. The Labute approximate surface area is 127 Å². The first-order chi connectivity index (χ1) is 9.66. The monoisotopic (exact) mass is 309 g/mol. The lowest BCUT2D eigenvalue weighted by Crippen LogP contribution is -2.27. The number of halogens is 2. The minimum absolute atomic E-state index is 0.178. The van der Waals surface area contributed by atoms with Gasteiger partial charge in [0.05, 0.1) is 22.3 Å². The van der Waals surface area contributed by atoms with Gasteiger partial charge in [-0.05, 0) is 29.8 Å². The van der Waals surface area contributed by atoms with Crippen molar-refractivity contribution >= 4 is 34.8 Å². The zero-order valence-corrected chi connectivity index (χ0v) is 12.1. The Morgan fingerprint density at radius 3 is 2.65 bits per heavy atom. The van der Waals surface area contributed by atoms with Crippen LogP contribution in [0.3, 0.4) is 0 Å². The minimum Gasteiger partial charge on any atom is -0.324 e. The van der Waals surface area contributed by atoms with E-state index in [0.717, 1.165) is 5.56 Å². The van der Waals surface area contributed by atoms with Gasteiger partial charge in [0.1, 0.15) is 0 Å². The highest BCUT2D eigenvalue weighted by Gasteiger charge is 2.07. The van der Waals surface area contributed by atoms with Gasteiger partial charge in [0.15, 0.2) is 0 Å². The molecule has 0 bridgehead atoms. The molecule has 2 aromatic rings. The molecule has 0 atom stereocenters. The van der Waals surface area contributed by atoms with E-state index in [2.05, 4.69) is 15.6 Å². The molecule has 2 N–H and O–H groups in total. The van der Waals surface area contributed by atoms with E-state index in [-0.39, 0.29) is 12.5 Å². The molecule has 0 fully saturated rings. The second kappa shape index (κ2) is 7.24. The van der Waals surface area contributed by atoms with Crippen molar-refractivity contribution in [3.05, 3.63) is 58.3 Å². The zero-order chi connectivity index (χ0) is 14.4. The van der Waals surface area contributed by atoms with Crippen LogP contribution in [0.25, 0.3) is 0 Å². The topological polar surface area (TPSA) is 54.0 Å². The first-order valence-corrected chi connectivity index (χ1v) is 6.76. The fourth-order valence-corrected chi connectivity index (χ4v) is 1.96. The Balaban J connectivity index is 1.82. The van der Waals surface area contributed by atoms with E-state index in [1.807, 2.05) is 12.1 Å². The van der Waals surface area contributed by atoms with Crippen LogP contribution in [-0.2, 0) is 11.3 Å². The van der Waals surface area contributed by atoms with Gasteiger partial charge in [-0.3, -0.25) is 9.78 Å². The Bertz CT molecular complexity index is 590. The van der Waals surface area contributed by atoms with Gasteiger partial charge in [-0.25, -0.2) is 0 Å². The molecule has 104 valence electrons. The van der Waals surface area contributed by atoms with Crippen LogP contribution in [0.2, 0.25) is 10.0 Å². The first-order valence-electron chi connectivity index (χ1n) is 6.00. The van der Waals surface area contributed by atoms with Crippen LogP contribution >= 0.6 is 23.2 Å². The van der Waals surface area contributed by atoms with Crippen LogP contribution in [0.4, 0.5) is 5.69 Å². The number of nitrogens with one attached hydrogen (secondary N) is 2. The Kier molecular flexibility index (Phi) is 5.35. The number of carbonyl (C=O) groups excluding carboxylic acids is 1. The molecule has 1 aromatic carbocycles. The molecule has 0 radical (unpaired) electrons. The molecule has 4 nitrogen and oxygen atoms in total. The smallest absolute Gasteiger partial charge is 0.238 e. The average Bonchev–Trinajstić information content (AvgIpc) is 2.45. The number of anilines is 1. The number of hydrogen-bond donors (Lipinski definition) is 2. The van der Waals surface area contributed by atoms with E-state index >= 15 is 0 Å². The number of hydrogen-bond acceptors (Lipinski definition) is 3. The molecule has 0 spiro atoms. The molecule has 2 rings (SSSR count). The maximum atomic E-state index is 11.8. The standard InChI is InChI=1S/C14H13Cl2N3O/c15-11-2-1-3-12(14(11)16)19-13(20)9-18-8-10-4-6-17-7-5-10/h1-7,18H,8-9H2,(H,19,20). The van der Waals surface area contributed by atoms with Crippen LogP contribution in [0.1, 0.15) is 5.56 Å². The molecule has 1 heterocycles. The molecule has 0 saturated heterocycles. The van der Waals surface area contributed by atoms with E-state index in [0.29, 0.717) is 22.3 Å². The van der Waals surface area contributed by atoms with E-state index in [4.69, 9.17) is 23.2 Å². The highest BCUT2D eigenvalue weighted by molar-refractivity contribution is 6.43. The minimum atomic E-state index is -0.178. The van der Waals surface area contributed by atoms with Crippen molar-refractivity contribution < 1.29 is 4.79 Å². The zero-order valence-electron chi connectivity index (χ0n) is 10.6. The molecule has 6 heteroatoms. The molecule has 0 aliphatic heterocycles. The van der Waals surface area contributed by atoms with Crippen molar-refractivity contribution in [3.8, 4) is 0 Å². The summed E-state index contributed by atoms with van der Waals surface area (Å²) < 4.78 is 0. The summed E-state index contributed by atoms with van der Waals surface area (Å²) in [6.45, 7) is 0.782. The number of amides is 1. The molecule has 0 aliphatic carbocycles. The van der Waals surface area contributed by atoms with Gasteiger partial charge in [0.2, 0.25) is 5.91 Å². The van der Waals surface area contributed by atoms with Gasteiger partial charge in [0, 0.05) is 18.9 Å². The summed E-state index contributed by atoms with van der Waals surface area (Å²) in [5.41, 5.74) is 1.57. The molecule has 0 unspecified atom stereocenters. The van der Waals surface area contributed by atoms with Crippen LogP contribution in [0.5, 0.6) is 0 Å². The number of nitrogens with zero attached hydrogens (tertiary/aromatic N) is 1. The van der Waals surface area contributed by atoms with Gasteiger partial charge in [-0.2, -0.15) is 0 Å². The lowest BCUT2D eigenvalue weighted by atomic mass is 10.3. The third-order valence-corrected chi connectivity index (χ3v) is 3.41. The number of benzene rings is 1. The highest BCUT2D eigenvalue weighted by Crippen LogP contribution is 2.29. The van der Waals surface area contributed by atoms with Gasteiger partial charge in [-0.15, -0.1) is 0 Å². The van der Waals surface area contributed by atoms with Crippen molar-refractivity contribution in [1.82, 2.24) is 10.3 Å². The molecule has 1 amide bonds. The predicted octanol–water partition coefficient (Wildman–Crippen LogP) is 3.12. The van der Waals surface area contributed by atoms with Gasteiger partial charge < -0.3 is 10.6 Å². The van der Waals surface area contributed by atoms with Crippen molar-refractivity contribution in [1.29, 1.82) is 0 Å².